The third kappa shape index (κ3) is 2.92. The molecule has 0 spiro atoms. The number of carbonyl (C=O) groups is 1. The Balaban J connectivity index is 1.83. The number of carbonyl (C=O) groups excluding carboxylic acids is 1. The minimum atomic E-state index is 0.0344. The number of benzene rings is 3. The third-order valence-electron chi connectivity index (χ3n) is 7.17. The van der Waals surface area contributed by atoms with Crippen molar-refractivity contribution >= 4 is 49.5 Å². The molecule has 5 aromatic rings. The first-order valence-electron chi connectivity index (χ1n) is 12.2. The number of rotatable bonds is 6. The fourth-order valence-electron chi connectivity index (χ4n) is 5.89. The van der Waals surface area contributed by atoms with Crippen molar-refractivity contribution < 1.29 is 10.5 Å². The topological polar surface area (TPSA) is 77.5 Å². The van der Waals surface area contributed by atoms with E-state index in [0.717, 1.165) is 59.7 Å². The zero-order chi connectivity index (χ0) is 22.7. The predicted octanol–water partition coefficient (Wildman–Crippen LogP) is 5.28. The fourth-order valence-corrected chi connectivity index (χ4v) is 5.89. The number of aromatic nitrogens is 2. The first-order chi connectivity index (χ1) is 16.1. The lowest BCUT2D eigenvalue weighted by Crippen LogP contribution is -2.50. The van der Waals surface area contributed by atoms with Gasteiger partial charge in [-0.3, -0.25) is 4.79 Å². The van der Waals surface area contributed by atoms with Crippen LogP contribution in [0.5, 0.6) is 0 Å². The Bertz CT molecular complexity index is 1540. The minimum absolute atomic E-state index is 0.0344. The van der Waals surface area contributed by atoms with Crippen LogP contribution in [-0.2, 0) is 6.54 Å². The summed E-state index contributed by atoms with van der Waals surface area (Å²) in [6.07, 6.45) is 3.12. The van der Waals surface area contributed by atoms with Crippen molar-refractivity contribution in [2.45, 2.75) is 45.7 Å². The Labute approximate surface area is 192 Å². The molecular formula is C28H31N4O+. The number of unbranched alkanes of at least 4 members (excludes halogenated alkanes) is 1. The predicted molar refractivity (Wildman–Crippen MR) is 135 cm³/mol. The molecule has 2 aromatic heterocycles. The van der Waals surface area contributed by atoms with Gasteiger partial charge in [0, 0.05) is 39.1 Å². The van der Waals surface area contributed by atoms with Gasteiger partial charge in [0.1, 0.15) is 0 Å². The monoisotopic (exact) mass is 439 g/mol. The largest absolute Gasteiger partial charge is 0.358 e. The van der Waals surface area contributed by atoms with Crippen molar-refractivity contribution in [3.8, 4) is 0 Å². The van der Waals surface area contributed by atoms with Crippen LogP contribution in [-0.4, -0.2) is 22.0 Å². The van der Waals surface area contributed by atoms with Crippen molar-refractivity contribution in [1.82, 2.24) is 14.9 Å². The van der Waals surface area contributed by atoms with Crippen LogP contribution < -0.4 is 11.1 Å². The molecule has 1 aliphatic rings. The van der Waals surface area contributed by atoms with E-state index in [2.05, 4.69) is 83.0 Å². The van der Waals surface area contributed by atoms with Gasteiger partial charge in [-0.1, -0.05) is 50.2 Å². The summed E-state index contributed by atoms with van der Waals surface area (Å²) in [5.74, 6) is 0.543. The number of nitrogens with zero attached hydrogens (tertiary/aromatic N) is 1. The van der Waals surface area contributed by atoms with Crippen molar-refractivity contribution in [2.75, 3.05) is 6.54 Å². The second-order valence-corrected chi connectivity index (χ2v) is 9.82. The molecule has 0 bridgehead atoms. The average molecular weight is 440 g/mol. The van der Waals surface area contributed by atoms with E-state index in [0.29, 0.717) is 5.92 Å². The van der Waals surface area contributed by atoms with Gasteiger partial charge in [-0.2, -0.15) is 0 Å². The summed E-state index contributed by atoms with van der Waals surface area (Å²) in [5, 5.41) is 8.01. The zero-order valence-corrected chi connectivity index (χ0v) is 19.4. The average Bonchev–Trinajstić information content (AvgIpc) is 3.44. The molecule has 0 unspecified atom stereocenters. The van der Waals surface area contributed by atoms with E-state index < -0.39 is 0 Å². The molecule has 5 nitrogen and oxygen atoms in total. The van der Waals surface area contributed by atoms with E-state index in [1.807, 2.05) is 0 Å². The van der Waals surface area contributed by atoms with Crippen LogP contribution in [0.1, 0.15) is 55.1 Å². The van der Waals surface area contributed by atoms with E-state index in [-0.39, 0.29) is 11.9 Å². The molecule has 5 N–H and O–H groups in total. The molecule has 3 heterocycles. The van der Waals surface area contributed by atoms with Crippen LogP contribution in [0.15, 0.2) is 48.5 Å². The maximum Gasteiger partial charge on any atom is 0.252 e. The third-order valence-corrected chi connectivity index (χ3v) is 7.17. The maximum absolute atomic E-state index is 13.5. The molecule has 0 fully saturated rings. The molecule has 1 atom stereocenters. The van der Waals surface area contributed by atoms with Crippen LogP contribution >= 0.6 is 0 Å². The molecule has 0 saturated heterocycles. The summed E-state index contributed by atoms with van der Waals surface area (Å²) in [5.41, 5.74) is 10.7. The second kappa shape index (κ2) is 7.63. The maximum atomic E-state index is 13.5. The highest BCUT2D eigenvalue weighted by molar-refractivity contribution is 6.30. The Hall–Kier alpha value is -3.31. The van der Waals surface area contributed by atoms with Crippen LogP contribution in [0.4, 0.5) is 0 Å². The Morgan fingerprint density at radius 3 is 2.55 bits per heavy atom. The highest BCUT2D eigenvalue weighted by Gasteiger charge is 2.36. The molecule has 1 amide bonds. The van der Waals surface area contributed by atoms with Crippen molar-refractivity contribution in [3.63, 3.8) is 0 Å². The van der Waals surface area contributed by atoms with E-state index in [1.165, 1.54) is 27.4 Å². The molecule has 5 heteroatoms. The SMILES string of the molecule is CC(C)C[C@@H]1NC(=O)c2c1c1c3ccccc3n(CCCC[NH3+])c1c1[nH]c3ccccc3c21. The fraction of sp³-hybridized carbons (Fsp3) is 0.321. The van der Waals surface area contributed by atoms with Crippen molar-refractivity contribution in [3.05, 3.63) is 59.7 Å². The number of quaternary nitrogens is 1. The van der Waals surface area contributed by atoms with Crippen molar-refractivity contribution in [1.29, 1.82) is 0 Å². The number of hydrogen-bond acceptors (Lipinski definition) is 1. The van der Waals surface area contributed by atoms with Crippen LogP contribution in [0.3, 0.4) is 0 Å². The molecule has 3 aromatic carbocycles. The highest BCUT2D eigenvalue weighted by Crippen LogP contribution is 2.47. The van der Waals surface area contributed by atoms with Gasteiger partial charge in [0.05, 0.1) is 29.2 Å². The molecular weight excluding hydrogens is 408 g/mol. The first-order valence-corrected chi connectivity index (χ1v) is 12.2. The number of nitrogens with one attached hydrogen (secondary N) is 2. The first kappa shape index (κ1) is 20.3. The molecule has 0 radical (unpaired) electrons. The summed E-state index contributed by atoms with van der Waals surface area (Å²) in [6, 6.07) is 17.1. The van der Waals surface area contributed by atoms with Crippen LogP contribution in [0, 0.1) is 5.92 Å². The normalized spacial score (nSPS) is 16.0. The number of fused-ring (bicyclic) bond motifs is 10. The summed E-state index contributed by atoms with van der Waals surface area (Å²) < 4.78 is 2.48. The number of aromatic amines is 1. The van der Waals surface area contributed by atoms with E-state index in [9.17, 15) is 4.79 Å². The summed E-state index contributed by atoms with van der Waals surface area (Å²) in [4.78, 5) is 17.2. The van der Waals surface area contributed by atoms with Gasteiger partial charge in [0.2, 0.25) is 0 Å². The van der Waals surface area contributed by atoms with Crippen LogP contribution in [0.2, 0.25) is 0 Å². The minimum Gasteiger partial charge on any atom is -0.358 e. The molecule has 0 aliphatic carbocycles. The van der Waals surface area contributed by atoms with Gasteiger partial charge in [-0.15, -0.1) is 0 Å². The second-order valence-electron chi connectivity index (χ2n) is 9.82. The molecule has 33 heavy (non-hydrogen) atoms. The Morgan fingerprint density at radius 2 is 1.76 bits per heavy atom. The molecule has 6 rings (SSSR count). The summed E-state index contributed by atoms with van der Waals surface area (Å²) >= 11 is 0. The number of hydrogen-bond donors (Lipinski definition) is 3. The Kier molecular flexibility index (Phi) is 4.70. The smallest absolute Gasteiger partial charge is 0.252 e. The highest BCUT2D eigenvalue weighted by atomic mass is 16.2. The molecule has 168 valence electrons. The van der Waals surface area contributed by atoms with Gasteiger partial charge in [-0.05, 0) is 42.9 Å². The summed E-state index contributed by atoms with van der Waals surface area (Å²) in [7, 11) is 0. The summed E-state index contributed by atoms with van der Waals surface area (Å²) in [6.45, 7) is 6.35. The number of amides is 1. The zero-order valence-electron chi connectivity index (χ0n) is 19.4. The molecule has 1 aliphatic heterocycles. The lowest BCUT2D eigenvalue weighted by Gasteiger charge is -2.16. The number of H-pyrrole nitrogens is 1. The van der Waals surface area contributed by atoms with E-state index in [1.54, 1.807) is 0 Å². The molecule has 0 saturated carbocycles. The van der Waals surface area contributed by atoms with Gasteiger partial charge in [0.25, 0.3) is 5.91 Å². The lowest BCUT2D eigenvalue weighted by atomic mass is 9.90. The number of para-hydroxylation sites is 2. The van der Waals surface area contributed by atoms with E-state index in [4.69, 9.17) is 0 Å². The lowest BCUT2D eigenvalue weighted by molar-refractivity contribution is -0.368. The van der Waals surface area contributed by atoms with Crippen molar-refractivity contribution in [2.24, 2.45) is 5.92 Å². The standard InChI is InChI=1S/C28H30N4O/c1-16(2)15-20-24-23-18-10-4-6-12-21(18)32(14-8-7-13-29)27(23)26-22(25(24)28(33)31-20)17-9-3-5-11-19(17)30-26/h3-6,9-12,16,20,30H,7-8,13-15,29H2,1-2H3,(H,31,33)/p+1/t20-/m0/s1. The van der Waals surface area contributed by atoms with Gasteiger partial charge >= 0.3 is 0 Å². The quantitative estimate of drug-likeness (QED) is 0.309. The Morgan fingerprint density at radius 1 is 1.00 bits per heavy atom. The van der Waals surface area contributed by atoms with Gasteiger partial charge in [0.15, 0.2) is 0 Å². The number of aryl methyl sites for hydroxylation is 1. The van der Waals surface area contributed by atoms with Crippen LogP contribution in [0.25, 0.3) is 43.6 Å². The van der Waals surface area contributed by atoms with E-state index >= 15 is 0 Å². The van der Waals surface area contributed by atoms with Gasteiger partial charge < -0.3 is 20.6 Å². The van der Waals surface area contributed by atoms with Gasteiger partial charge in [-0.25, -0.2) is 0 Å².